The van der Waals surface area contributed by atoms with Crippen LogP contribution < -0.4 is 0 Å². The topological polar surface area (TPSA) is 89.4 Å². The van der Waals surface area contributed by atoms with Crippen LogP contribution in [0.5, 0.6) is 0 Å². The molecule has 0 aliphatic carbocycles. The van der Waals surface area contributed by atoms with Crippen molar-refractivity contribution in [2.24, 2.45) is 5.11 Å². The molecule has 3 rings (SSSR count). The maximum atomic E-state index is 13.3. The van der Waals surface area contributed by atoms with Crippen LogP contribution in [0.25, 0.3) is 10.4 Å². The van der Waals surface area contributed by atoms with Gasteiger partial charge in [-0.3, -0.25) is 9.69 Å². The molecule has 30 heavy (non-hydrogen) atoms. The monoisotopic (exact) mass is 405 g/mol. The summed E-state index contributed by atoms with van der Waals surface area (Å²) >= 11 is 0. The van der Waals surface area contributed by atoms with Gasteiger partial charge >= 0.3 is 6.03 Å². The van der Waals surface area contributed by atoms with Gasteiger partial charge < -0.3 is 4.90 Å². The van der Waals surface area contributed by atoms with Crippen molar-refractivity contribution in [3.8, 4) is 0 Å². The van der Waals surface area contributed by atoms with E-state index < -0.39 is 18.0 Å². The van der Waals surface area contributed by atoms with Gasteiger partial charge in [0, 0.05) is 12.0 Å². The number of rotatable bonds is 8. The average molecular weight is 406 g/mol. The number of carbonyl (C=O) groups is 2. The number of carbonyl (C=O) groups excluding carboxylic acids is 2. The molecule has 0 aromatic heterocycles. The summed E-state index contributed by atoms with van der Waals surface area (Å²) < 4.78 is 0. The number of unbranched alkanes of at least 4 members (excludes halogenated alkanes) is 1. The van der Waals surface area contributed by atoms with Crippen molar-refractivity contribution in [3.63, 3.8) is 0 Å². The summed E-state index contributed by atoms with van der Waals surface area (Å²) in [4.78, 5) is 31.9. The highest BCUT2D eigenvalue weighted by molar-refractivity contribution is 5.99. The lowest BCUT2D eigenvalue weighted by Gasteiger charge is -2.26. The molecule has 1 aliphatic rings. The first-order chi connectivity index (χ1) is 14.5. The van der Waals surface area contributed by atoms with Crippen LogP contribution in [0.2, 0.25) is 0 Å². The van der Waals surface area contributed by atoms with E-state index in [1.54, 1.807) is 11.9 Å². The standard InChI is InChI=1S/C23H27N5O2/c1-17-21(19-14-7-4-8-15-19)28(23(30)27(17)2)22(29)20(25-26-24)16-10-9-13-18-11-5-3-6-12-18/h3-8,11-12,14-15,17,20-21H,9-10,13,16H2,1-2H3/t17-,20-,21-/m0/s1. The van der Waals surface area contributed by atoms with E-state index in [4.69, 9.17) is 5.53 Å². The third-order valence-electron chi connectivity index (χ3n) is 5.74. The van der Waals surface area contributed by atoms with E-state index in [2.05, 4.69) is 22.2 Å². The minimum atomic E-state index is -0.889. The van der Waals surface area contributed by atoms with Gasteiger partial charge in [0.15, 0.2) is 0 Å². The van der Waals surface area contributed by atoms with Crippen molar-refractivity contribution in [3.05, 3.63) is 82.2 Å². The summed E-state index contributed by atoms with van der Waals surface area (Å²) in [5.41, 5.74) is 11.1. The highest BCUT2D eigenvalue weighted by Gasteiger charge is 2.46. The first-order valence-corrected chi connectivity index (χ1v) is 10.3. The smallest absolute Gasteiger partial charge is 0.322 e. The zero-order valence-corrected chi connectivity index (χ0v) is 17.4. The molecule has 7 nitrogen and oxygen atoms in total. The number of imide groups is 1. The van der Waals surface area contributed by atoms with E-state index in [1.165, 1.54) is 10.5 Å². The molecule has 1 saturated heterocycles. The SMILES string of the molecule is C[C@H]1[C@@H](c2ccccc2)N(C(=O)[C@H](CCCCc2ccccc2)N=[N+]=[N-])C(=O)N1C. The fraction of sp³-hybridized carbons (Fsp3) is 0.391. The molecule has 0 N–H and O–H groups in total. The van der Waals surface area contributed by atoms with E-state index >= 15 is 0 Å². The predicted molar refractivity (Wildman–Crippen MR) is 116 cm³/mol. The third-order valence-corrected chi connectivity index (χ3v) is 5.74. The Hall–Kier alpha value is -3.31. The lowest BCUT2D eigenvalue weighted by Crippen LogP contribution is -2.42. The minimum Gasteiger partial charge on any atom is -0.322 e. The molecule has 1 fully saturated rings. The molecular weight excluding hydrogens is 378 g/mol. The molecule has 3 amide bonds. The van der Waals surface area contributed by atoms with Crippen molar-refractivity contribution >= 4 is 11.9 Å². The number of urea groups is 1. The largest absolute Gasteiger partial charge is 0.327 e. The van der Waals surface area contributed by atoms with Crippen LogP contribution in [0.3, 0.4) is 0 Å². The maximum absolute atomic E-state index is 13.3. The quantitative estimate of drug-likeness (QED) is 0.265. The van der Waals surface area contributed by atoms with Gasteiger partial charge in [-0.25, -0.2) is 4.79 Å². The van der Waals surface area contributed by atoms with Crippen molar-refractivity contribution < 1.29 is 9.59 Å². The number of aryl methyl sites for hydroxylation is 1. The molecule has 0 saturated carbocycles. The second-order valence-corrected chi connectivity index (χ2v) is 7.65. The summed E-state index contributed by atoms with van der Waals surface area (Å²) in [6, 6.07) is 17.8. The highest BCUT2D eigenvalue weighted by Crippen LogP contribution is 2.35. The van der Waals surface area contributed by atoms with Crippen LogP contribution in [0, 0.1) is 0 Å². The van der Waals surface area contributed by atoms with Crippen LogP contribution in [-0.2, 0) is 11.2 Å². The number of hydrogen-bond donors (Lipinski definition) is 0. The van der Waals surface area contributed by atoms with Gasteiger partial charge in [-0.15, -0.1) is 0 Å². The Balaban J connectivity index is 1.72. The van der Waals surface area contributed by atoms with Crippen LogP contribution in [0.15, 0.2) is 65.8 Å². The normalized spacial score (nSPS) is 19.5. The van der Waals surface area contributed by atoms with Gasteiger partial charge in [0.25, 0.3) is 0 Å². The fourth-order valence-corrected chi connectivity index (χ4v) is 3.96. The van der Waals surface area contributed by atoms with Gasteiger partial charge in [-0.2, -0.15) is 0 Å². The summed E-state index contributed by atoms with van der Waals surface area (Å²) in [5.74, 6) is -0.428. The van der Waals surface area contributed by atoms with E-state index in [0.717, 1.165) is 24.8 Å². The molecule has 2 aromatic carbocycles. The Morgan fingerprint density at radius 2 is 1.73 bits per heavy atom. The summed E-state index contributed by atoms with van der Waals surface area (Å²) in [6.45, 7) is 1.92. The average Bonchev–Trinajstić information content (AvgIpc) is 3.00. The van der Waals surface area contributed by atoms with Gasteiger partial charge in [0.1, 0.15) is 6.04 Å². The molecule has 2 aromatic rings. The minimum absolute atomic E-state index is 0.173. The molecule has 3 atom stereocenters. The first-order valence-electron chi connectivity index (χ1n) is 10.3. The van der Waals surface area contributed by atoms with E-state index in [-0.39, 0.29) is 12.1 Å². The second kappa shape index (κ2) is 9.94. The zero-order chi connectivity index (χ0) is 21.5. The molecule has 0 bridgehead atoms. The highest BCUT2D eigenvalue weighted by atomic mass is 16.2. The Labute approximate surface area is 176 Å². The number of hydrogen-bond acceptors (Lipinski definition) is 3. The van der Waals surface area contributed by atoms with Crippen LogP contribution in [-0.4, -0.2) is 40.9 Å². The third kappa shape index (κ3) is 4.63. The maximum Gasteiger partial charge on any atom is 0.327 e. The predicted octanol–water partition coefficient (Wildman–Crippen LogP) is 5.10. The molecule has 1 aliphatic heterocycles. The van der Waals surface area contributed by atoms with Gasteiger partial charge in [-0.05, 0) is 42.8 Å². The summed E-state index contributed by atoms with van der Waals surface area (Å²) in [5, 5.41) is 3.74. The van der Waals surface area contributed by atoms with Crippen LogP contribution in [0.1, 0.15) is 43.4 Å². The summed E-state index contributed by atoms with van der Waals surface area (Å²) in [7, 11) is 1.69. The Morgan fingerprint density at radius 1 is 1.10 bits per heavy atom. The van der Waals surface area contributed by atoms with Crippen molar-refractivity contribution in [1.82, 2.24) is 9.80 Å². The number of amides is 3. The van der Waals surface area contributed by atoms with Gasteiger partial charge in [0.05, 0.1) is 12.1 Å². The van der Waals surface area contributed by atoms with Crippen LogP contribution >= 0.6 is 0 Å². The van der Waals surface area contributed by atoms with E-state index in [1.807, 2.05) is 55.5 Å². The first kappa shape index (κ1) is 21.4. The molecule has 7 heteroatoms. The molecule has 0 radical (unpaired) electrons. The zero-order valence-electron chi connectivity index (χ0n) is 17.4. The number of azide groups is 1. The summed E-state index contributed by atoms with van der Waals surface area (Å²) in [6.07, 6.45) is 2.92. The van der Waals surface area contributed by atoms with Crippen LogP contribution in [0.4, 0.5) is 4.79 Å². The van der Waals surface area contributed by atoms with Gasteiger partial charge in [0.2, 0.25) is 5.91 Å². The molecular formula is C23H27N5O2. The van der Waals surface area contributed by atoms with Gasteiger partial charge in [-0.1, -0.05) is 72.2 Å². The Kier molecular flexibility index (Phi) is 7.09. The second-order valence-electron chi connectivity index (χ2n) is 7.65. The Bertz CT molecular complexity index is 912. The molecule has 0 spiro atoms. The fourth-order valence-electron chi connectivity index (χ4n) is 3.96. The Morgan fingerprint density at radius 3 is 2.37 bits per heavy atom. The van der Waals surface area contributed by atoms with E-state index in [9.17, 15) is 9.59 Å². The number of nitrogens with zero attached hydrogens (tertiary/aromatic N) is 5. The number of likely N-dealkylation sites (N-methyl/N-ethyl adjacent to an activating group) is 1. The van der Waals surface area contributed by atoms with Crippen molar-refractivity contribution in [2.75, 3.05) is 7.05 Å². The lowest BCUT2D eigenvalue weighted by molar-refractivity contribution is -0.131. The van der Waals surface area contributed by atoms with E-state index in [0.29, 0.717) is 6.42 Å². The van der Waals surface area contributed by atoms with Crippen molar-refractivity contribution in [1.29, 1.82) is 0 Å². The number of benzene rings is 2. The molecule has 156 valence electrons. The molecule has 1 heterocycles. The molecule has 0 unspecified atom stereocenters. The lowest BCUT2D eigenvalue weighted by atomic mass is 9.99. The van der Waals surface area contributed by atoms with Crippen molar-refractivity contribution in [2.45, 2.75) is 50.7 Å².